The summed E-state index contributed by atoms with van der Waals surface area (Å²) >= 11 is 13.1. The van der Waals surface area contributed by atoms with Crippen LogP contribution in [0.1, 0.15) is 12.8 Å². The van der Waals surface area contributed by atoms with Crippen LogP contribution < -0.4 is 5.32 Å². The molecule has 4 rings (SSSR count). The maximum absolute atomic E-state index is 13.1. The summed E-state index contributed by atoms with van der Waals surface area (Å²) in [6.07, 6.45) is 0.991. The lowest BCUT2D eigenvalue weighted by Gasteiger charge is -2.30. The van der Waals surface area contributed by atoms with E-state index in [2.05, 4.69) is 15.5 Å². The number of anilines is 1. The Labute approximate surface area is 191 Å². The highest BCUT2D eigenvalue weighted by Crippen LogP contribution is 2.38. The van der Waals surface area contributed by atoms with Crippen LogP contribution in [-0.4, -0.2) is 41.9 Å². The Balaban J connectivity index is 1.45. The molecule has 1 aliphatic rings. The predicted octanol–water partition coefficient (Wildman–Crippen LogP) is 4.28. The minimum Gasteiger partial charge on any atom is -0.403 e. The lowest BCUT2D eigenvalue weighted by Crippen LogP contribution is -2.43. The Morgan fingerprint density at radius 1 is 1.26 bits per heavy atom. The minimum atomic E-state index is -3.84. The fraction of sp³-hybridized carbons (Fsp3) is 0.278. The molecule has 31 heavy (non-hydrogen) atoms. The number of rotatable bonds is 5. The van der Waals surface area contributed by atoms with Crippen molar-refractivity contribution in [3.63, 3.8) is 0 Å². The van der Waals surface area contributed by atoms with Gasteiger partial charge in [0.2, 0.25) is 15.9 Å². The van der Waals surface area contributed by atoms with Gasteiger partial charge < -0.3 is 4.42 Å². The van der Waals surface area contributed by atoms with Crippen LogP contribution in [0.25, 0.3) is 11.5 Å². The zero-order valence-corrected chi connectivity index (χ0v) is 18.9. The summed E-state index contributed by atoms with van der Waals surface area (Å²) in [6.45, 7) is 0.254. The molecule has 1 aliphatic heterocycles. The highest BCUT2D eigenvalue weighted by molar-refractivity contribution is 7.89. The van der Waals surface area contributed by atoms with Crippen molar-refractivity contribution in [2.24, 2.45) is 5.92 Å². The molecule has 1 unspecified atom stereocenters. The van der Waals surface area contributed by atoms with Crippen LogP contribution in [0.2, 0.25) is 8.67 Å². The number of benzene rings is 1. The van der Waals surface area contributed by atoms with Crippen molar-refractivity contribution in [3.05, 3.63) is 44.8 Å². The van der Waals surface area contributed by atoms with E-state index in [0.717, 1.165) is 23.5 Å². The van der Waals surface area contributed by atoms with Gasteiger partial charge in [-0.1, -0.05) is 28.3 Å². The van der Waals surface area contributed by atoms with Crippen LogP contribution in [0.4, 0.5) is 10.4 Å². The molecule has 13 heteroatoms. The van der Waals surface area contributed by atoms with E-state index < -0.39 is 27.7 Å². The number of sulfonamides is 1. The monoisotopic (exact) mass is 504 g/mol. The van der Waals surface area contributed by atoms with Crippen molar-refractivity contribution >= 4 is 56.5 Å². The third-order valence-corrected chi connectivity index (χ3v) is 8.12. The van der Waals surface area contributed by atoms with Gasteiger partial charge in [-0.05, 0) is 43.2 Å². The van der Waals surface area contributed by atoms with Crippen LogP contribution >= 0.6 is 34.5 Å². The predicted molar refractivity (Wildman–Crippen MR) is 114 cm³/mol. The summed E-state index contributed by atoms with van der Waals surface area (Å²) in [7, 11) is -3.84. The molecule has 1 N–H and O–H groups in total. The van der Waals surface area contributed by atoms with E-state index >= 15 is 0 Å². The number of hydrogen-bond donors (Lipinski definition) is 1. The van der Waals surface area contributed by atoms with Crippen molar-refractivity contribution in [2.45, 2.75) is 17.7 Å². The molecule has 1 amide bonds. The van der Waals surface area contributed by atoms with E-state index in [1.54, 1.807) is 6.07 Å². The van der Waals surface area contributed by atoms with Gasteiger partial charge in [0.15, 0.2) is 0 Å². The van der Waals surface area contributed by atoms with Crippen LogP contribution in [0.3, 0.4) is 0 Å². The Bertz CT molecular complexity index is 1210. The highest BCUT2D eigenvalue weighted by Gasteiger charge is 2.34. The van der Waals surface area contributed by atoms with Crippen LogP contribution in [0, 0.1) is 11.7 Å². The molecule has 0 aliphatic carbocycles. The molecule has 0 spiro atoms. The molecule has 0 saturated carbocycles. The average molecular weight is 505 g/mol. The fourth-order valence-corrected chi connectivity index (χ4v) is 6.18. The van der Waals surface area contributed by atoms with E-state index in [4.69, 9.17) is 27.6 Å². The maximum Gasteiger partial charge on any atom is 0.322 e. The van der Waals surface area contributed by atoms with Crippen molar-refractivity contribution in [3.8, 4) is 11.5 Å². The number of carbonyl (C=O) groups excluding carboxylic acids is 1. The van der Waals surface area contributed by atoms with Crippen LogP contribution in [-0.2, 0) is 14.8 Å². The van der Waals surface area contributed by atoms with Crippen molar-refractivity contribution < 1.29 is 22.0 Å². The zero-order valence-electron chi connectivity index (χ0n) is 15.7. The smallest absolute Gasteiger partial charge is 0.322 e. The number of piperidine rings is 1. The summed E-state index contributed by atoms with van der Waals surface area (Å²) in [4.78, 5) is 12.7. The first kappa shape index (κ1) is 22.2. The molecule has 1 atom stereocenters. The number of nitrogens with one attached hydrogen (secondary N) is 1. The first-order valence-corrected chi connectivity index (χ1v) is 12.1. The molecular formula is C18H15Cl2FN4O4S2. The molecule has 0 bridgehead atoms. The number of aromatic nitrogens is 2. The van der Waals surface area contributed by atoms with Crippen molar-refractivity contribution in [2.75, 3.05) is 18.4 Å². The molecule has 0 radical (unpaired) electrons. The Morgan fingerprint density at radius 2 is 2.00 bits per heavy atom. The second-order valence-electron chi connectivity index (χ2n) is 6.80. The second-order valence-corrected chi connectivity index (χ2v) is 11.0. The molecule has 3 heterocycles. The first-order chi connectivity index (χ1) is 14.7. The third-order valence-electron chi connectivity index (χ3n) is 4.75. The van der Waals surface area contributed by atoms with E-state index in [9.17, 15) is 17.6 Å². The average Bonchev–Trinajstić information content (AvgIpc) is 3.33. The Kier molecular flexibility index (Phi) is 6.31. The maximum atomic E-state index is 13.1. The Morgan fingerprint density at radius 3 is 2.68 bits per heavy atom. The Hall–Kier alpha value is -2.05. The number of thiophene rings is 1. The number of carbonyl (C=O) groups is 1. The van der Waals surface area contributed by atoms with Gasteiger partial charge in [-0.2, -0.15) is 4.31 Å². The van der Waals surface area contributed by atoms with Crippen LogP contribution in [0.5, 0.6) is 0 Å². The number of nitrogens with zero attached hydrogens (tertiary/aromatic N) is 3. The van der Waals surface area contributed by atoms with Crippen molar-refractivity contribution in [1.29, 1.82) is 0 Å². The summed E-state index contributed by atoms with van der Waals surface area (Å²) in [5.74, 6) is -1.48. The first-order valence-electron chi connectivity index (χ1n) is 9.09. The lowest BCUT2D eigenvalue weighted by atomic mass is 9.99. The van der Waals surface area contributed by atoms with E-state index in [0.29, 0.717) is 27.1 Å². The fourth-order valence-electron chi connectivity index (χ4n) is 3.21. The zero-order chi connectivity index (χ0) is 22.2. The van der Waals surface area contributed by atoms with Gasteiger partial charge in [0, 0.05) is 13.1 Å². The SMILES string of the molecule is O=C(Nc1nnc(-c2cc(Cl)sc2Cl)o1)C1CCCN(S(=O)(=O)c2ccc(F)cc2)C1. The third kappa shape index (κ3) is 4.75. The molecule has 1 aromatic carbocycles. The standard InChI is InChI=1S/C18H15Cl2FN4O4S2/c19-14-8-13(15(20)30-14)17-23-24-18(29-17)22-16(26)10-2-1-7-25(9-10)31(27,28)12-5-3-11(21)4-6-12/h3-6,8,10H,1-2,7,9H2,(H,22,24,26). The molecule has 164 valence electrons. The topological polar surface area (TPSA) is 105 Å². The largest absolute Gasteiger partial charge is 0.403 e. The molecular weight excluding hydrogens is 490 g/mol. The quantitative estimate of drug-likeness (QED) is 0.555. The number of halogens is 3. The number of hydrogen-bond acceptors (Lipinski definition) is 7. The molecule has 2 aromatic heterocycles. The van der Waals surface area contributed by atoms with Gasteiger partial charge in [-0.15, -0.1) is 16.4 Å². The summed E-state index contributed by atoms with van der Waals surface area (Å²) in [5.41, 5.74) is 0.457. The van der Waals surface area contributed by atoms with Crippen molar-refractivity contribution in [1.82, 2.24) is 14.5 Å². The summed E-state index contributed by atoms with van der Waals surface area (Å²) < 4.78 is 46.3. The van der Waals surface area contributed by atoms with Gasteiger partial charge >= 0.3 is 6.01 Å². The van der Waals surface area contributed by atoms with Gasteiger partial charge in [-0.3, -0.25) is 10.1 Å². The van der Waals surface area contributed by atoms with Crippen LogP contribution in [0.15, 0.2) is 39.6 Å². The van der Waals surface area contributed by atoms with Gasteiger partial charge in [-0.25, -0.2) is 12.8 Å². The van der Waals surface area contributed by atoms with Gasteiger partial charge in [0.25, 0.3) is 5.89 Å². The van der Waals surface area contributed by atoms with E-state index in [-0.39, 0.29) is 29.9 Å². The number of amides is 1. The minimum absolute atomic E-state index is 0.0154. The van der Waals surface area contributed by atoms with E-state index in [1.807, 2.05) is 0 Å². The summed E-state index contributed by atoms with van der Waals surface area (Å²) in [5, 5.41) is 10.2. The van der Waals surface area contributed by atoms with Gasteiger partial charge in [0.05, 0.1) is 20.7 Å². The summed E-state index contributed by atoms with van der Waals surface area (Å²) in [6, 6.07) is 6.03. The molecule has 1 fully saturated rings. The molecule has 8 nitrogen and oxygen atoms in total. The van der Waals surface area contributed by atoms with E-state index in [1.165, 1.54) is 16.4 Å². The normalized spacial score (nSPS) is 17.6. The second kappa shape index (κ2) is 8.83. The lowest BCUT2D eigenvalue weighted by molar-refractivity contribution is -0.121. The van der Waals surface area contributed by atoms with Gasteiger partial charge in [0.1, 0.15) is 10.2 Å². The molecule has 1 saturated heterocycles. The highest BCUT2D eigenvalue weighted by atomic mass is 35.5. The molecule has 3 aromatic rings.